The van der Waals surface area contributed by atoms with Crippen LogP contribution < -0.4 is 5.73 Å². The normalized spacial score (nSPS) is 20.3. The first-order chi connectivity index (χ1) is 9.16. The Balaban J connectivity index is 1.86. The lowest BCUT2D eigenvalue weighted by Gasteiger charge is -2.27. The van der Waals surface area contributed by atoms with Crippen molar-refractivity contribution in [3.63, 3.8) is 0 Å². The van der Waals surface area contributed by atoms with Crippen LogP contribution in [0.1, 0.15) is 50.2 Å². The number of aryl methyl sites for hydroxylation is 1. The van der Waals surface area contributed by atoms with Gasteiger partial charge < -0.3 is 5.73 Å². The Morgan fingerprint density at radius 2 is 2.05 bits per heavy atom. The van der Waals surface area contributed by atoms with Crippen molar-refractivity contribution in [3.05, 3.63) is 35.4 Å². The quantitative estimate of drug-likeness (QED) is 0.843. The molecule has 2 atom stereocenters. The van der Waals surface area contributed by atoms with E-state index >= 15 is 0 Å². The van der Waals surface area contributed by atoms with Gasteiger partial charge in [-0.1, -0.05) is 38.1 Å². The second kappa shape index (κ2) is 7.35. The highest BCUT2D eigenvalue weighted by atomic mass is 32.2. The first-order valence-corrected chi connectivity index (χ1v) is 8.73. The van der Waals surface area contributed by atoms with Gasteiger partial charge in [0.2, 0.25) is 0 Å². The van der Waals surface area contributed by atoms with Gasteiger partial charge in [0.1, 0.15) is 0 Å². The van der Waals surface area contributed by atoms with Crippen LogP contribution in [0.15, 0.2) is 24.3 Å². The van der Waals surface area contributed by atoms with E-state index in [0.717, 1.165) is 18.1 Å². The molecule has 0 amide bonds. The molecule has 0 saturated carbocycles. The summed E-state index contributed by atoms with van der Waals surface area (Å²) in [5.41, 5.74) is 9.45. The molecule has 2 N–H and O–H groups in total. The summed E-state index contributed by atoms with van der Waals surface area (Å²) >= 11 is 2.01. The second-order valence-corrected chi connectivity index (χ2v) is 7.29. The molecule has 0 radical (unpaired) electrons. The third-order valence-corrected chi connectivity index (χ3v) is 5.43. The lowest BCUT2D eigenvalue weighted by Crippen LogP contribution is -2.27. The van der Waals surface area contributed by atoms with Crippen molar-refractivity contribution in [2.75, 3.05) is 11.5 Å². The van der Waals surface area contributed by atoms with Crippen LogP contribution in [0.5, 0.6) is 0 Å². The largest absolute Gasteiger partial charge is 0.327 e. The molecule has 1 aromatic rings. The van der Waals surface area contributed by atoms with Crippen molar-refractivity contribution in [2.45, 2.75) is 51.5 Å². The van der Waals surface area contributed by atoms with Gasteiger partial charge in [-0.05, 0) is 54.4 Å². The molecule has 1 aromatic carbocycles. The second-order valence-electron chi connectivity index (χ2n) is 6.22. The first-order valence-electron chi connectivity index (χ1n) is 7.58. The summed E-state index contributed by atoms with van der Waals surface area (Å²) in [6, 6.07) is 9.30. The molecule has 1 aliphatic rings. The van der Waals surface area contributed by atoms with E-state index in [1.54, 1.807) is 11.1 Å². The fourth-order valence-electron chi connectivity index (χ4n) is 2.99. The summed E-state index contributed by atoms with van der Waals surface area (Å²) in [7, 11) is 0. The van der Waals surface area contributed by atoms with Gasteiger partial charge in [0.15, 0.2) is 0 Å². The summed E-state index contributed by atoms with van der Waals surface area (Å²) < 4.78 is 0. The molecule has 1 aliphatic carbocycles. The molecular formula is C17H27NS. The fraction of sp³-hybridized carbons (Fsp3) is 0.647. The molecule has 106 valence electrons. The van der Waals surface area contributed by atoms with E-state index in [9.17, 15) is 0 Å². The molecule has 2 unspecified atom stereocenters. The molecular weight excluding hydrogens is 250 g/mol. The van der Waals surface area contributed by atoms with E-state index < -0.39 is 0 Å². The Morgan fingerprint density at radius 3 is 2.84 bits per heavy atom. The molecule has 0 bridgehead atoms. The summed E-state index contributed by atoms with van der Waals surface area (Å²) in [4.78, 5) is 0. The Kier molecular flexibility index (Phi) is 5.77. The predicted molar refractivity (Wildman–Crippen MR) is 86.9 cm³/mol. The van der Waals surface area contributed by atoms with E-state index in [1.807, 2.05) is 11.8 Å². The van der Waals surface area contributed by atoms with Crippen LogP contribution in [-0.4, -0.2) is 17.5 Å². The summed E-state index contributed by atoms with van der Waals surface area (Å²) in [6.45, 7) is 4.55. The van der Waals surface area contributed by atoms with Gasteiger partial charge in [0, 0.05) is 11.8 Å². The van der Waals surface area contributed by atoms with Crippen LogP contribution >= 0.6 is 11.8 Å². The molecule has 0 spiro atoms. The number of thioether (sulfide) groups is 1. The van der Waals surface area contributed by atoms with Crippen molar-refractivity contribution in [2.24, 2.45) is 11.7 Å². The Labute approximate surface area is 122 Å². The van der Waals surface area contributed by atoms with Crippen molar-refractivity contribution in [1.82, 2.24) is 0 Å². The minimum Gasteiger partial charge on any atom is -0.327 e. The van der Waals surface area contributed by atoms with Crippen LogP contribution in [0.2, 0.25) is 0 Å². The Hall–Kier alpha value is -0.470. The van der Waals surface area contributed by atoms with Gasteiger partial charge in [0.05, 0.1) is 0 Å². The SMILES string of the molecule is CC(C)CSCC(N)CC1CCCc2ccccc21. The van der Waals surface area contributed by atoms with Crippen molar-refractivity contribution >= 4 is 11.8 Å². The average Bonchev–Trinajstić information content (AvgIpc) is 2.39. The third kappa shape index (κ3) is 4.54. The zero-order chi connectivity index (χ0) is 13.7. The van der Waals surface area contributed by atoms with Crippen LogP contribution in [0.3, 0.4) is 0 Å². The van der Waals surface area contributed by atoms with E-state index in [0.29, 0.717) is 12.0 Å². The zero-order valence-electron chi connectivity index (χ0n) is 12.3. The van der Waals surface area contributed by atoms with Crippen LogP contribution in [0, 0.1) is 5.92 Å². The van der Waals surface area contributed by atoms with E-state index in [2.05, 4.69) is 38.1 Å². The molecule has 0 heterocycles. The van der Waals surface area contributed by atoms with Crippen molar-refractivity contribution in [1.29, 1.82) is 0 Å². The third-order valence-electron chi connectivity index (χ3n) is 3.86. The van der Waals surface area contributed by atoms with E-state index in [1.165, 1.54) is 25.0 Å². The lowest BCUT2D eigenvalue weighted by atomic mass is 9.80. The van der Waals surface area contributed by atoms with Crippen molar-refractivity contribution < 1.29 is 0 Å². The molecule has 2 heteroatoms. The molecule has 1 nitrogen and oxygen atoms in total. The highest BCUT2D eigenvalue weighted by Gasteiger charge is 2.21. The smallest absolute Gasteiger partial charge is 0.0136 e. The highest BCUT2D eigenvalue weighted by Crippen LogP contribution is 2.34. The molecule has 2 rings (SSSR count). The standard InChI is InChI=1S/C17H27NS/c1-13(2)11-19-12-16(18)10-15-8-5-7-14-6-3-4-9-17(14)15/h3-4,6,9,13,15-16H,5,7-8,10-12,18H2,1-2H3. The summed E-state index contributed by atoms with van der Waals surface area (Å²) in [5, 5.41) is 0. The van der Waals surface area contributed by atoms with Crippen LogP contribution in [-0.2, 0) is 6.42 Å². The lowest BCUT2D eigenvalue weighted by molar-refractivity contribution is 0.486. The van der Waals surface area contributed by atoms with Gasteiger partial charge in [-0.2, -0.15) is 11.8 Å². The molecule has 0 aliphatic heterocycles. The average molecular weight is 277 g/mol. The van der Waals surface area contributed by atoms with Crippen LogP contribution in [0.25, 0.3) is 0 Å². The Bertz CT molecular complexity index is 389. The number of fused-ring (bicyclic) bond motifs is 1. The number of benzene rings is 1. The monoisotopic (exact) mass is 277 g/mol. The van der Waals surface area contributed by atoms with Gasteiger partial charge in [-0.3, -0.25) is 0 Å². The molecule has 0 aromatic heterocycles. The minimum absolute atomic E-state index is 0.347. The van der Waals surface area contributed by atoms with Crippen molar-refractivity contribution in [3.8, 4) is 0 Å². The number of hydrogen-bond donors (Lipinski definition) is 1. The number of rotatable bonds is 6. The van der Waals surface area contributed by atoms with E-state index in [4.69, 9.17) is 5.73 Å². The van der Waals surface area contributed by atoms with Gasteiger partial charge in [0.25, 0.3) is 0 Å². The first kappa shape index (κ1) is 14.9. The molecule has 19 heavy (non-hydrogen) atoms. The van der Waals surface area contributed by atoms with Crippen LogP contribution in [0.4, 0.5) is 0 Å². The molecule has 0 saturated heterocycles. The maximum atomic E-state index is 6.33. The summed E-state index contributed by atoms with van der Waals surface area (Å²) in [5.74, 6) is 3.80. The highest BCUT2D eigenvalue weighted by molar-refractivity contribution is 7.99. The van der Waals surface area contributed by atoms with E-state index in [-0.39, 0.29) is 0 Å². The van der Waals surface area contributed by atoms with Gasteiger partial charge in [-0.15, -0.1) is 0 Å². The number of nitrogens with two attached hydrogens (primary N) is 1. The maximum Gasteiger partial charge on any atom is 0.0136 e. The Morgan fingerprint density at radius 1 is 1.26 bits per heavy atom. The maximum absolute atomic E-state index is 6.33. The fourth-order valence-corrected chi connectivity index (χ4v) is 4.03. The summed E-state index contributed by atoms with van der Waals surface area (Å²) in [6.07, 6.45) is 5.05. The minimum atomic E-state index is 0.347. The van der Waals surface area contributed by atoms with Gasteiger partial charge >= 0.3 is 0 Å². The zero-order valence-corrected chi connectivity index (χ0v) is 13.1. The van der Waals surface area contributed by atoms with Gasteiger partial charge in [-0.25, -0.2) is 0 Å². The number of hydrogen-bond acceptors (Lipinski definition) is 2. The topological polar surface area (TPSA) is 26.0 Å². The predicted octanol–water partition coefficient (Wildman–Crippen LogP) is 4.21. The molecule has 0 fully saturated rings.